The van der Waals surface area contributed by atoms with E-state index in [4.69, 9.17) is 11.6 Å². The van der Waals surface area contributed by atoms with Gasteiger partial charge in [0, 0.05) is 44.3 Å². The number of hydrogen-bond donors (Lipinski definition) is 2. The molecule has 214 valence electrons. The number of carbonyl (C=O) groups excluding carboxylic acids is 1. The summed E-state index contributed by atoms with van der Waals surface area (Å²) < 4.78 is 3.63. The van der Waals surface area contributed by atoms with Gasteiger partial charge in [-0.2, -0.15) is 10.1 Å². The topological polar surface area (TPSA) is 100 Å². The smallest absolute Gasteiger partial charge is 0.325 e. The maximum absolute atomic E-state index is 13.4. The average molecular weight is 591 g/mol. The molecule has 2 amide bonds. The molecule has 4 rings (SSSR count). The average Bonchev–Trinajstić information content (AvgIpc) is 3.44. The van der Waals surface area contributed by atoms with Crippen molar-refractivity contribution in [3.63, 3.8) is 0 Å². The SMILES string of the molecule is CCCC(/C=N\c1ncc(Cl)c(NC)n1)CCPN(C(=O)NCc1ccccc1)c1ccc(-c2cnn(C)c2)cc1. The minimum absolute atomic E-state index is 0.115. The van der Waals surface area contributed by atoms with Gasteiger partial charge >= 0.3 is 6.03 Å². The molecular weight excluding hydrogens is 555 g/mol. The lowest BCUT2D eigenvalue weighted by atomic mass is 10.0. The number of amides is 2. The first-order valence-corrected chi connectivity index (χ1v) is 15.2. The molecule has 0 radical (unpaired) electrons. The van der Waals surface area contributed by atoms with E-state index < -0.39 is 0 Å². The van der Waals surface area contributed by atoms with Crippen LogP contribution in [0.25, 0.3) is 11.1 Å². The number of halogens is 1. The quantitative estimate of drug-likeness (QED) is 0.128. The van der Waals surface area contributed by atoms with Gasteiger partial charge in [-0.1, -0.05) is 67.4 Å². The number of aromatic nitrogens is 4. The molecule has 2 heterocycles. The molecule has 11 heteroatoms. The van der Waals surface area contributed by atoms with Crippen LogP contribution >= 0.6 is 20.3 Å². The van der Waals surface area contributed by atoms with Crippen molar-refractivity contribution in [2.24, 2.45) is 18.0 Å². The van der Waals surface area contributed by atoms with Crippen molar-refractivity contribution >= 4 is 50.0 Å². The number of nitrogens with zero attached hydrogens (tertiary/aromatic N) is 6. The molecule has 2 N–H and O–H groups in total. The van der Waals surface area contributed by atoms with Gasteiger partial charge in [0.15, 0.2) is 0 Å². The number of aryl methyl sites for hydroxylation is 1. The Morgan fingerprint density at radius 1 is 1.12 bits per heavy atom. The van der Waals surface area contributed by atoms with E-state index in [0.29, 0.717) is 23.3 Å². The van der Waals surface area contributed by atoms with Crippen molar-refractivity contribution in [3.05, 3.63) is 83.8 Å². The van der Waals surface area contributed by atoms with Crippen LogP contribution in [0.3, 0.4) is 0 Å². The third-order valence-electron chi connectivity index (χ3n) is 6.47. The van der Waals surface area contributed by atoms with Crippen molar-refractivity contribution in [1.82, 2.24) is 25.1 Å². The van der Waals surface area contributed by atoms with Crippen LogP contribution in [0.4, 0.5) is 22.2 Å². The van der Waals surface area contributed by atoms with Gasteiger partial charge < -0.3 is 10.6 Å². The van der Waals surface area contributed by atoms with E-state index in [1.807, 2.05) is 84.9 Å². The molecule has 0 aliphatic carbocycles. The second-order valence-electron chi connectivity index (χ2n) is 9.57. The van der Waals surface area contributed by atoms with E-state index in [9.17, 15) is 4.79 Å². The minimum atomic E-state index is -0.115. The number of aliphatic imine (C=N–C) groups is 1. The van der Waals surface area contributed by atoms with Gasteiger partial charge in [-0.25, -0.2) is 14.8 Å². The molecule has 41 heavy (non-hydrogen) atoms. The second-order valence-corrected chi connectivity index (χ2v) is 11.2. The first kappa shape index (κ1) is 30.2. The zero-order valence-electron chi connectivity index (χ0n) is 23.6. The van der Waals surface area contributed by atoms with E-state index >= 15 is 0 Å². The summed E-state index contributed by atoms with van der Waals surface area (Å²) in [4.78, 5) is 26.5. The third kappa shape index (κ3) is 8.84. The Hall–Kier alpha value is -3.81. The molecule has 0 saturated carbocycles. The molecule has 2 unspecified atom stereocenters. The van der Waals surface area contributed by atoms with Gasteiger partial charge in [-0.05, 0) is 56.9 Å². The van der Waals surface area contributed by atoms with Crippen molar-refractivity contribution in [2.75, 3.05) is 23.2 Å². The van der Waals surface area contributed by atoms with E-state index in [2.05, 4.69) is 37.6 Å². The van der Waals surface area contributed by atoms with Gasteiger partial charge in [0.2, 0.25) is 0 Å². The number of nitrogens with one attached hydrogen (secondary N) is 2. The molecule has 0 saturated heterocycles. The number of benzene rings is 2. The highest BCUT2D eigenvalue weighted by atomic mass is 35.5. The summed E-state index contributed by atoms with van der Waals surface area (Å²) in [6.07, 6.45) is 11.0. The maximum atomic E-state index is 13.4. The molecule has 9 nitrogen and oxygen atoms in total. The first-order valence-electron chi connectivity index (χ1n) is 13.7. The predicted molar refractivity (Wildman–Crippen MR) is 171 cm³/mol. The van der Waals surface area contributed by atoms with E-state index in [-0.39, 0.29) is 20.7 Å². The monoisotopic (exact) mass is 590 g/mol. The van der Waals surface area contributed by atoms with Crippen molar-refractivity contribution in [1.29, 1.82) is 0 Å². The summed E-state index contributed by atoms with van der Waals surface area (Å²) in [5, 5.41) is 10.8. The Balaban J connectivity index is 1.45. The van der Waals surface area contributed by atoms with E-state index in [0.717, 1.165) is 47.8 Å². The van der Waals surface area contributed by atoms with Crippen LogP contribution in [0.5, 0.6) is 0 Å². The number of hydrogen-bond acceptors (Lipinski definition) is 6. The van der Waals surface area contributed by atoms with Crippen molar-refractivity contribution in [2.45, 2.75) is 32.7 Å². The standard InChI is InChI=1S/C30H36ClN8OP/c1-4-8-22(17-33-29-34-20-27(31)28(32-2)37-29)15-16-41-39(30(40)35-18-23-9-6-5-7-10-23)26-13-11-24(12-14-26)25-19-36-38(3)21-25/h5-7,9-14,17,19-22,41H,4,8,15-16,18H2,1-3H3,(H,35,40)(H,32,34,37)/b33-17-. The lowest BCUT2D eigenvalue weighted by Crippen LogP contribution is -2.34. The number of rotatable bonds is 13. The highest BCUT2D eigenvalue weighted by molar-refractivity contribution is 7.41. The Labute approximate surface area is 248 Å². The van der Waals surface area contributed by atoms with Crippen molar-refractivity contribution < 1.29 is 4.79 Å². The first-order chi connectivity index (χ1) is 20.0. The van der Waals surface area contributed by atoms with Crippen LogP contribution < -0.4 is 15.3 Å². The van der Waals surface area contributed by atoms with Crippen LogP contribution in [-0.2, 0) is 13.6 Å². The Morgan fingerprint density at radius 3 is 2.59 bits per heavy atom. The van der Waals surface area contributed by atoms with Crippen LogP contribution in [-0.4, -0.2) is 45.2 Å². The van der Waals surface area contributed by atoms with E-state index in [1.54, 1.807) is 17.9 Å². The van der Waals surface area contributed by atoms with Gasteiger partial charge in [0.25, 0.3) is 5.95 Å². The molecular formula is C30H36ClN8OP. The molecule has 0 fully saturated rings. The second kappa shape index (κ2) is 15.3. The van der Waals surface area contributed by atoms with Gasteiger partial charge in [0.05, 0.1) is 12.4 Å². The fourth-order valence-corrected chi connectivity index (χ4v) is 5.76. The van der Waals surface area contributed by atoms with Crippen LogP contribution in [0.15, 0.2) is 78.2 Å². The Kier molecular flexibility index (Phi) is 11.2. The molecule has 4 aromatic rings. The lowest BCUT2D eigenvalue weighted by Gasteiger charge is -2.24. The van der Waals surface area contributed by atoms with Crippen LogP contribution in [0.1, 0.15) is 31.7 Å². The summed E-state index contributed by atoms with van der Waals surface area (Å²) in [7, 11) is 3.92. The molecule has 2 aromatic heterocycles. The third-order valence-corrected chi connectivity index (χ3v) is 8.03. The zero-order chi connectivity index (χ0) is 29.0. The fourth-order valence-electron chi connectivity index (χ4n) is 4.30. The number of carbonyl (C=O) groups is 1. The van der Waals surface area contributed by atoms with Gasteiger partial charge in [-0.3, -0.25) is 9.35 Å². The normalized spacial score (nSPS) is 12.2. The Bertz CT molecular complexity index is 1430. The molecule has 0 aliphatic heterocycles. The molecule has 0 spiro atoms. The highest BCUT2D eigenvalue weighted by Crippen LogP contribution is 2.32. The summed E-state index contributed by atoms with van der Waals surface area (Å²) >= 11 is 6.10. The maximum Gasteiger partial charge on any atom is 0.325 e. The summed E-state index contributed by atoms with van der Waals surface area (Å²) in [5.41, 5.74) is 4.01. The number of urea groups is 1. The van der Waals surface area contributed by atoms with Gasteiger partial charge in [0.1, 0.15) is 10.8 Å². The Morgan fingerprint density at radius 2 is 1.90 bits per heavy atom. The summed E-state index contributed by atoms with van der Waals surface area (Å²) in [6, 6.07) is 17.9. The fraction of sp³-hybridized carbons (Fsp3) is 0.300. The summed E-state index contributed by atoms with van der Waals surface area (Å²) in [6.45, 7) is 2.63. The molecule has 2 aromatic carbocycles. The molecule has 0 aliphatic rings. The minimum Gasteiger partial charge on any atom is -0.372 e. The molecule has 2 atom stereocenters. The largest absolute Gasteiger partial charge is 0.372 e. The van der Waals surface area contributed by atoms with Crippen LogP contribution in [0, 0.1) is 5.92 Å². The predicted octanol–water partition coefficient (Wildman–Crippen LogP) is 7.09. The van der Waals surface area contributed by atoms with E-state index in [1.165, 1.54) is 0 Å². The summed E-state index contributed by atoms with van der Waals surface area (Å²) in [5.74, 6) is 1.17. The van der Waals surface area contributed by atoms with Gasteiger partial charge in [-0.15, -0.1) is 0 Å². The zero-order valence-corrected chi connectivity index (χ0v) is 25.3. The molecule has 0 bridgehead atoms. The number of anilines is 2. The van der Waals surface area contributed by atoms with Crippen molar-refractivity contribution in [3.8, 4) is 11.1 Å². The highest BCUT2D eigenvalue weighted by Gasteiger charge is 2.17. The van der Waals surface area contributed by atoms with Crippen LogP contribution in [0.2, 0.25) is 5.02 Å². The lowest BCUT2D eigenvalue weighted by molar-refractivity contribution is 0.249.